The van der Waals surface area contributed by atoms with Gasteiger partial charge in [-0.15, -0.1) is 11.3 Å². The van der Waals surface area contributed by atoms with Crippen LogP contribution in [0.25, 0.3) is 0 Å². The van der Waals surface area contributed by atoms with E-state index in [1.807, 2.05) is 24.4 Å². The summed E-state index contributed by atoms with van der Waals surface area (Å²) in [6, 6.07) is 6.09. The lowest BCUT2D eigenvalue weighted by atomic mass is 10.2. The van der Waals surface area contributed by atoms with Gasteiger partial charge in [0.25, 0.3) is 0 Å². The van der Waals surface area contributed by atoms with Crippen molar-refractivity contribution in [1.82, 2.24) is 4.98 Å². The van der Waals surface area contributed by atoms with Crippen LogP contribution in [0, 0.1) is 10.5 Å². The van der Waals surface area contributed by atoms with Crippen LogP contribution >= 0.6 is 45.7 Å². The zero-order valence-electron chi connectivity index (χ0n) is 13.1. The second-order valence-corrected chi connectivity index (χ2v) is 9.50. The van der Waals surface area contributed by atoms with Gasteiger partial charge in [-0.1, -0.05) is 11.8 Å². The topological polar surface area (TPSA) is 59.4 Å². The summed E-state index contributed by atoms with van der Waals surface area (Å²) in [4.78, 5) is 15.6. The minimum absolute atomic E-state index is 0.553. The molecule has 0 atom stereocenters. The number of carbonyl (C=O) groups is 1. The highest BCUT2D eigenvalue weighted by molar-refractivity contribution is 14.1. The van der Waals surface area contributed by atoms with Crippen molar-refractivity contribution in [2.45, 2.75) is 36.3 Å². The summed E-state index contributed by atoms with van der Waals surface area (Å²) in [6.45, 7) is 5.95. The number of rotatable bonds is 7. The fourth-order valence-corrected chi connectivity index (χ4v) is 4.63. The number of thioether (sulfide) groups is 1. The van der Waals surface area contributed by atoms with E-state index in [0.29, 0.717) is 13.0 Å². The van der Waals surface area contributed by atoms with Gasteiger partial charge in [0.2, 0.25) is 0 Å². The van der Waals surface area contributed by atoms with E-state index in [0.717, 1.165) is 21.3 Å². The maximum atomic E-state index is 11.2. The minimum Gasteiger partial charge on any atom is -0.493 e. The van der Waals surface area contributed by atoms with Crippen LogP contribution in [0.4, 0.5) is 0 Å². The van der Waals surface area contributed by atoms with Crippen LogP contribution in [0.15, 0.2) is 27.9 Å². The molecule has 0 aliphatic carbocycles. The third kappa shape index (κ3) is 5.36. The Morgan fingerprint density at radius 2 is 2.22 bits per heavy atom. The molecule has 0 saturated carbocycles. The predicted molar refractivity (Wildman–Crippen MR) is 103 cm³/mol. The van der Waals surface area contributed by atoms with Gasteiger partial charge < -0.3 is 9.84 Å². The molecule has 0 aliphatic heterocycles. The van der Waals surface area contributed by atoms with Gasteiger partial charge in [0.05, 0.1) is 12.3 Å². The van der Waals surface area contributed by atoms with Crippen molar-refractivity contribution in [2.24, 2.45) is 0 Å². The van der Waals surface area contributed by atoms with Crippen LogP contribution in [0.3, 0.4) is 0 Å². The maximum absolute atomic E-state index is 11.2. The number of hydrogen-bond donors (Lipinski definition) is 1. The van der Waals surface area contributed by atoms with Crippen molar-refractivity contribution >= 4 is 51.7 Å². The largest absolute Gasteiger partial charge is 0.493 e. The molecule has 0 radical (unpaired) electrons. The molecule has 1 aromatic carbocycles. The number of halogens is 1. The Morgan fingerprint density at radius 3 is 2.87 bits per heavy atom. The van der Waals surface area contributed by atoms with Crippen molar-refractivity contribution in [1.29, 1.82) is 0 Å². The Balaban J connectivity index is 1.89. The number of hydrogen-bond acceptors (Lipinski definition) is 5. The Morgan fingerprint density at radius 1 is 1.48 bits per heavy atom. The van der Waals surface area contributed by atoms with Crippen molar-refractivity contribution in [3.8, 4) is 5.75 Å². The van der Waals surface area contributed by atoms with E-state index < -0.39 is 10.7 Å². The van der Waals surface area contributed by atoms with E-state index in [-0.39, 0.29) is 0 Å². The Hall–Kier alpha value is -0.800. The molecule has 1 aromatic heterocycles. The number of carboxylic acids is 1. The molecule has 0 spiro atoms. The molecular weight excluding hydrogens is 445 g/mol. The fourth-order valence-electron chi connectivity index (χ4n) is 1.75. The highest BCUT2D eigenvalue weighted by atomic mass is 127. The molecule has 7 heteroatoms. The molecule has 1 heterocycles. The third-order valence-corrected chi connectivity index (χ3v) is 5.98. The predicted octanol–water partition coefficient (Wildman–Crippen LogP) is 4.63. The van der Waals surface area contributed by atoms with Crippen LogP contribution in [0.1, 0.15) is 25.1 Å². The summed E-state index contributed by atoms with van der Waals surface area (Å²) in [5, 5.41) is 11.1. The number of aryl methyl sites for hydroxylation is 1. The fraction of sp³-hybridized carbons (Fsp3) is 0.375. The monoisotopic (exact) mass is 463 g/mol. The lowest BCUT2D eigenvalue weighted by Crippen LogP contribution is -2.26. The van der Waals surface area contributed by atoms with Gasteiger partial charge in [0.15, 0.2) is 4.34 Å². The lowest BCUT2D eigenvalue weighted by Gasteiger charge is -2.15. The number of benzene rings is 1. The first-order valence-electron chi connectivity index (χ1n) is 7.04. The zero-order valence-corrected chi connectivity index (χ0v) is 16.9. The van der Waals surface area contributed by atoms with Crippen LogP contribution in [-0.2, 0) is 11.2 Å². The first-order valence-corrected chi connectivity index (χ1v) is 9.81. The highest BCUT2D eigenvalue weighted by Gasteiger charge is 2.29. The number of thiazole rings is 1. The number of nitrogens with zero attached hydrogens (tertiary/aromatic N) is 1. The van der Waals surface area contributed by atoms with E-state index in [9.17, 15) is 4.79 Å². The number of aliphatic carboxylic acids is 1. The van der Waals surface area contributed by atoms with Crippen LogP contribution in [-0.4, -0.2) is 27.4 Å². The molecule has 2 rings (SSSR count). The van der Waals surface area contributed by atoms with Gasteiger partial charge >= 0.3 is 5.97 Å². The standard InChI is InChI=1S/C16H18INO3S2/c1-10-8-11(17)4-5-13(10)21-7-6-12-9-22-15(18-12)23-16(2,3)14(19)20/h4-5,8-9H,6-7H2,1-3H3,(H,19,20). The molecular formula is C16H18INO3S2. The molecule has 0 amide bonds. The summed E-state index contributed by atoms with van der Waals surface area (Å²) in [5.74, 6) is 0.0547. The van der Waals surface area contributed by atoms with E-state index in [2.05, 4.69) is 33.6 Å². The molecule has 0 aliphatic rings. The average molecular weight is 463 g/mol. The Bertz CT molecular complexity index is 700. The van der Waals surface area contributed by atoms with Crippen molar-refractivity contribution in [3.05, 3.63) is 38.4 Å². The number of aromatic nitrogens is 1. The van der Waals surface area contributed by atoms with Crippen LogP contribution in [0.2, 0.25) is 0 Å². The average Bonchev–Trinajstić information content (AvgIpc) is 2.88. The zero-order chi connectivity index (χ0) is 17.0. The van der Waals surface area contributed by atoms with Crippen molar-refractivity contribution < 1.29 is 14.6 Å². The molecule has 0 unspecified atom stereocenters. The summed E-state index contributed by atoms with van der Waals surface area (Å²) < 4.78 is 6.90. The molecule has 4 nitrogen and oxygen atoms in total. The van der Waals surface area contributed by atoms with Gasteiger partial charge in [-0.05, 0) is 67.1 Å². The van der Waals surface area contributed by atoms with Gasteiger partial charge in [-0.2, -0.15) is 0 Å². The molecule has 0 saturated heterocycles. The quantitative estimate of drug-likeness (QED) is 0.479. The van der Waals surface area contributed by atoms with E-state index in [1.54, 1.807) is 13.8 Å². The van der Waals surface area contributed by atoms with Crippen LogP contribution < -0.4 is 4.74 Å². The highest BCUT2D eigenvalue weighted by Crippen LogP contribution is 2.34. The second kappa shape index (κ2) is 7.85. The minimum atomic E-state index is -0.871. The lowest BCUT2D eigenvalue weighted by molar-refractivity contribution is -0.138. The van der Waals surface area contributed by atoms with Crippen molar-refractivity contribution in [2.75, 3.05) is 6.61 Å². The normalized spacial score (nSPS) is 11.5. The number of ether oxygens (including phenoxy) is 1. The summed E-state index contributed by atoms with van der Waals surface area (Å²) in [6.07, 6.45) is 0.704. The summed E-state index contributed by atoms with van der Waals surface area (Å²) in [7, 11) is 0. The molecule has 2 aromatic rings. The first-order chi connectivity index (χ1) is 10.8. The van der Waals surface area contributed by atoms with Gasteiger partial charge in [0.1, 0.15) is 10.5 Å². The molecule has 1 N–H and O–H groups in total. The third-order valence-electron chi connectivity index (χ3n) is 3.14. The van der Waals surface area contributed by atoms with Gasteiger partial charge in [-0.25, -0.2) is 4.98 Å². The van der Waals surface area contributed by atoms with Gasteiger partial charge in [-0.3, -0.25) is 4.79 Å². The van der Waals surface area contributed by atoms with E-state index in [4.69, 9.17) is 9.84 Å². The maximum Gasteiger partial charge on any atom is 0.319 e. The van der Waals surface area contributed by atoms with E-state index in [1.165, 1.54) is 26.7 Å². The Labute approximate surface area is 157 Å². The van der Waals surface area contributed by atoms with Crippen LogP contribution in [0.5, 0.6) is 5.75 Å². The Kier molecular flexibility index (Phi) is 6.33. The van der Waals surface area contributed by atoms with E-state index >= 15 is 0 Å². The SMILES string of the molecule is Cc1cc(I)ccc1OCCc1csc(SC(C)(C)C(=O)O)n1. The van der Waals surface area contributed by atoms with Gasteiger partial charge in [0, 0.05) is 15.4 Å². The molecule has 124 valence electrons. The summed E-state index contributed by atoms with van der Waals surface area (Å²) >= 11 is 5.03. The second-order valence-electron chi connectivity index (χ2n) is 5.53. The molecule has 0 bridgehead atoms. The summed E-state index contributed by atoms with van der Waals surface area (Å²) in [5.41, 5.74) is 2.05. The molecule has 23 heavy (non-hydrogen) atoms. The first kappa shape index (κ1) is 18.5. The number of carboxylic acid groups (broad SMARTS) is 1. The van der Waals surface area contributed by atoms with Crippen molar-refractivity contribution in [3.63, 3.8) is 0 Å². The molecule has 0 fully saturated rings. The smallest absolute Gasteiger partial charge is 0.319 e.